The van der Waals surface area contributed by atoms with Gasteiger partial charge >= 0.3 is 0 Å². The first-order valence-electron chi connectivity index (χ1n) is 5.25. The summed E-state index contributed by atoms with van der Waals surface area (Å²) in [6, 6.07) is 0. The van der Waals surface area contributed by atoms with Crippen molar-refractivity contribution >= 4 is 11.7 Å². The van der Waals surface area contributed by atoms with Gasteiger partial charge in [-0.05, 0) is 12.8 Å². The Morgan fingerprint density at radius 2 is 2.47 bits per heavy atom. The maximum atomic E-state index is 11.6. The van der Waals surface area contributed by atoms with Gasteiger partial charge in [0.25, 0.3) is 0 Å². The molecular formula is C10H15N3O2. The van der Waals surface area contributed by atoms with E-state index < -0.39 is 0 Å². The van der Waals surface area contributed by atoms with E-state index in [9.17, 15) is 4.79 Å². The molecule has 0 saturated carbocycles. The van der Waals surface area contributed by atoms with Gasteiger partial charge in [0.05, 0.1) is 12.3 Å². The summed E-state index contributed by atoms with van der Waals surface area (Å²) >= 11 is 0. The van der Waals surface area contributed by atoms with Crippen molar-refractivity contribution in [3.8, 4) is 0 Å². The number of rotatable bonds is 2. The summed E-state index contributed by atoms with van der Waals surface area (Å²) in [5.74, 6) is 0.795. The lowest BCUT2D eigenvalue weighted by atomic mass is 10.0. The molecule has 1 aromatic rings. The Bertz CT molecular complexity index is 373. The molecule has 2 N–H and O–H groups in total. The van der Waals surface area contributed by atoms with E-state index in [-0.39, 0.29) is 12.5 Å². The van der Waals surface area contributed by atoms with Crippen molar-refractivity contribution in [2.75, 3.05) is 11.4 Å². The lowest BCUT2D eigenvalue weighted by Gasteiger charge is -2.25. The maximum Gasteiger partial charge on any atom is 0.227 e. The van der Waals surface area contributed by atoms with Crippen LogP contribution in [0.25, 0.3) is 0 Å². The van der Waals surface area contributed by atoms with E-state index >= 15 is 0 Å². The molecule has 2 heterocycles. The van der Waals surface area contributed by atoms with Crippen molar-refractivity contribution in [2.24, 2.45) is 0 Å². The molecule has 5 nitrogen and oxygen atoms in total. The standard InChI is InChI=1S/C10H15N3O2/c1-2-9(15)13-5-3-4-7-8(6-14)11-12-10(7)13/h14H,2-6H2,1H3,(H,11,12). The maximum absolute atomic E-state index is 11.6. The van der Waals surface area contributed by atoms with Crippen LogP contribution < -0.4 is 4.90 Å². The van der Waals surface area contributed by atoms with Gasteiger partial charge in [-0.15, -0.1) is 0 Å². The number of carbonyl (C=O) groups excluding carboxylic acids is 1. The molecule has 1 aliphatic rings. The first-order chi connectivity index (χ1) is 7.27. The van der Waals surface area contributed by atoms with Gasteiger partial charge in [-0.1, -0.05) is 6.92 Å². The highest BCUT2D eigenvalue weighted by Gasteiger charge is 2.25. The normalized spacial score (nSPS) is 15.2. The predicted molar refractivity (Wildman–Crippen MR) is 55.5 cm³/mol. The number of hydrogen-bond donors (Lipinski definition) is 2. The summed E-state index contributed by atoms with van der Waals surface area (Å²) in [5, 5.41) is 16.0. The number of amides is 1. The third-order valence-electron chi connectivity index (χ3n) is 2.76. The zero-order valence-electron chi connectivity index (χ0n) is 8.79. The molecular weight excluding hydrogens is 194 g/mol. The minimum atomic E-state index is -0.0451. The van der Waals surface area contributed by atoms with Crippen molar-refractivity contribution in [3.63, 3.8) is 0 Å². The molecule has 0 atom stereocenters. The first kappa shape index (κ1) is 10.2. The van der Waals surface area contributed by atoms with Crippen LogP contribution in [0.5, 0.6) is 0 Å². The number of fused-ring (bicyclic) bond motifs is 1. The Kier molecular flexibility index (Phi) is 2.73. The van der Waals surface area contributed by atoms with Crippen LogP contribution in [0.3, 0.4) is 0 Å². The zero-order chi connectivity index (χ0) is 10.8. The van der Waals surface area contributed by atoms with Crippen LogP contribution in [0.15, 0.2) is 0 Å². The summed E-state index contributed by atoms with van der Waals surface area (Å²) in [7, 11) is 0. The van der Waals surface area contributed by atoms with Crippen molar-refractivity contribution in [1.29, 1.82) is 0 Å². The van der Waals surface area contributed by atoms with Gasteiger partial charge in [-0.3, -0.25) is 14.8 Å². The summed E-state index contributed by atoms with van der Waals surface area (Å²) in [6.45, 7) is 2.53. The Hall–Kier alpha value is -1.36. The minimum Gasteiger partial charge on any atom is -0.390 e. The molecule has 15 heavy (non-hydrogen) atoms. The molecule has 82 valence electrons. The molecule has 0 fully saturated rings. The lowest BCUT2D eigenvalue weighted by Crippen LogP contribution is -2.35. The summed E-state index contributed by atoms with van der Waals surface area (Å²) < 4.78 is 0. The fourth-order valence-corrected chi connectivity index (χ4v) is 1.96. The molecule has 0 unspecified atom stereocenters. The van der Waals surface area contributed by atoms with Crippen LogP contribution in [0.2, 0.25) is 0 Å². The molecule has 2 rings (SSSR count). The van der Waals surface area contributed by atoms with E-state index in [1.54, 1.807) is 4.90 Å². The Morgan fingerprint density at radius 1 is 1.67 bits per heavy atom. The van der Waals surface area contributed by atoms with Gasteiger partial charge in [-0.2, -0.15) is 5.10 Å². The molecule has 5 heteroatoms. The van der Waals surface area contributed by atoms with E-state index in [1.807, 2.05) is 6.92 Å². The van der Waals surface area contributed by atoms with Crippen molar-refractivity contribution in [3.05, 3.63) is 11.3 Å². The Morgan fingerprint density at radius 3 is 3.13 bits per heavy atom. The second-order valence-corrected chi connectivity index (χ2v) is 3.66. The van der Waals surface area contributed by atoms with Crippen LogP contribution in [0.4, 0.5) is 5.82 Å². The highest BCUT2D eigenvalue weighted by molar-refractivity contribution is 5.93. The van der Waals surface area contributed by atoms with Gasteiger partial charge in [0.2, 0.25) is 5.91 Å². The number of aliphatic hydroxyl groups is 1. The third-order valence-corrected chi connectivity index (χ3v) is 2.76. The fourth-order valence-electron chi connectivity index (χ4n) is 1.96. The third kappa shape index (κ3) is 1.63. The minimum absolute atomic E-state index is 0.0451. The first-order valence-corrected chi connectivity index (χ1v) is 5.25. The SMILES string of the molecule is CCC(=O)N1CCCc2c1n[nH]c2CO. The van der Waals surface area contributed by atoms with Gasteiger partial charge in [0, 0.05) is 18.5 Å². The zero-order valence-corrected chi connectivity index (χ0v) is 8.79. The summed E-state index contributed by atoms with van der Waals surface area (Å²) in [6.07, 6.45) is 2.31. The molecule has 0 bridgehead atoms. The van der Waals surface area contributed by atoms with E-state index in [2.05, 4.69) is 10.2 Å². The number of H-pyrrole nitrogens is 1. The average Bonchev–Trinajstić information content (AvgIpc) is 2.70. The quantitative estimate of drug-likeness (QED) is 0.749. The molecule has 0 aromatic carbocycles. The van der Waals surface area contributed by atoms with E-state index in [0.717, 1.165) is 30.6 Å². The summed E-state index contributed by atoms with van der Waals surface area (Å²) in [4.78, 5) is 13.3. The molecule has 0 spiro atoms. The number of nitrogens with zero attached hydrogens (tertiary/aromatic N) is 2. The Labute approximate surface area is 88.1 Å². The van der Waals surface area contributed by atoms with Crippen LogP contribution in [-0.2, 0) is 17.8 Å². The Balaban J connectivity index is 2.35. The molecule has 1 aliphatic heterocycles. The van der Waals surface area contributed by atoms with Crippen molar-refractivity contribution < 1.29 is 9.90 Å². The van der Waals surface area contributed by atoms with Gasteiger partial charge in [-0.25, -0.2) is 0 Å². The largest absolute Gasteiger partial charge is 0.390 e. The highest BCUT2D eigenvalue weighted by Crippen LogP contribution is 2.27. The topological polar surface area (TPSA) is 69.2 Å². The van der Waals surface area contributed by atoms with E-state index in [4.69, 9.17) is 5.11 Å². The fraction of sp³-hybridized carbons (Fsp3) is 0.600. The number of nitrogens with one attached hydrogen (secondary N) is 1. The average molecular weight is 209 g/mol. The molecule has 0 radical (unpaired) electrons. The molecule has 1 aromatic heterocycles. The van der Waals surface area contributed by atoms with Crippen molar-refractivity contribution in [2.45, 2.75) is 32.8 Å². The monoisotopic (exact) mass is 209 g/mol. The van der Waals surface area contributed by atoms with Crippen LogP contribution in [-0.4, -0.2) is 27.8 Å². The van der Waals surface area contributed by atoms with Gasteiger partial charge < -0.3 is 5.11 Å². The van der Waals surface area contributed by atoms with Gasteiger partial charge in [0.15, 0.2) is 5.82 Å². The smallest absolute Gasteiger partial charge is 0.227 e. The number of hydrogen-bond acceptors (Lipinski definition) is 3. The second kappa shape index (κ2) is 4.02. The number of aromatic amines is 1. The number of aromatic nitrogens is 2. The molecule has 0 aliphatic carbocycles. The number of aliphatic hydroxyl groups excluding tert-OH is 1. The predicted octanol–water partition coefficient (Wildman–Crippen LogP) is 0.591. The summed E-state index contributed by atoms with van der Waals surface area (Å²) in [5.41, 5.74) is 1.73. The van der Waals surface area contributed by atoms with Crippen LogP contribution in [0.1, 0.15) is 31.0 Å². The van der Waals surface area contributed by atoms with Crippen LogP contribution >= 0.6 is 0 Å². The highest BCUT2D eigenvalue weighted by atomic mass is 16.3. The number of carbonyl (C=O) groups is 1. The van der Waals surface area contributed by atoms with Crippen LogP contribution in [0, 0.1) is 0 Å². The van der Waals surface area contributed by atoms with E-state index in [1.165, 1.54) is 0 Å². The lowest BCUT2D eigenvalue weighted by molar-refractivity contribution is -0.118. The van der Waals surface area contributed by atoms with Gasteiger partial charge in [0.1, 0.15) is 0 Å². The molecule has 1 amide bonds. The second-order valence-electron chi connectivity index (χ2n) is 3.66. The number of anilines is 1. The van der Waals surface area contributed by atoms with E-state index in [0.29, 0.717) is 12.2 Å². The molecule has 0 saturated heterocycles. The van der Waals surface area contributed by atoms with Crippen molar-refractivity contribution in [1.82, 2.24) is 10.2 Å².